The van der Waals surface area contributed by atoms with Gasteiger partial charge in [0.2, 0.25) is 11.5 Å². The minimum atomic E-state index is -5.07. The Balaban J connectivity index is 2.19. The molecule has 0 saturated carbocycles. The molecule has 2 aromatic rings. The van der Waals surface area contributed by atoms with Gasteiger partial charge in [-0.1, -0.05) is 6.92 Å². The number of aliphatic hydroxyl groups is 1. The van der Waals surface area contributed by atoms with E-state index in [1.165, 1.54) is 13.2 Å². The lowest BCUT2D eigenvalue weighted by Gasteiger charge is -2.29. The number of carbonyl (C=O) groups is 1. The van der Waals surface area contributed by atoms with E-state index in [0.717, 1.165) is 17.2 Å². The number of halogens is 3. The fourth-order valence-corrected chi connectivity index (χ4v) is 2.58. The number of aryl methyl sites for hydroxylation is 2. The van der Waals surface area contributed by atoms with Gasteiger partial charge in [-0.2, -0.15) is 13.2 Å². The monoisotopic (exact) mass is 385 g/mol. The average molecular weight is 385 g/mol. The van der Waals surface area contributed by atoms with E-state index in [9.17, 15) is 23.1 Å². The van der Waals surface area contributed by atoms with Crippen molar-refractivity contribution in [1.82, 2.24) is 9.55 Å². The largest absolute Gasteiger partial charge is 0.494 e. The number of hydrogen-bond donors (Lipinski definition) is 2. The zero-order chi connectivity index (χ0) is 20.2. The van der Waals surface area contributed by atoms with Gasteiger partial charge in [-0.15, -0.1) is 0 Å². The number of anilines is 1. The topological polar surface area (TPSA) is 76.4 Å². The Morgan fingerprint density at radius 3 is 2.59 bits per heavy atom. The first-order valence-corrected chi connectivity index (χ1v) is 8.38. The van der Waals surface area contributed by atoms with Crippen LogP contribution < -0.4 is 10.1 Å². The fourth-order valence-electron chi connectivity index (χ4n) is 2.58. The molecule has 0 aliphatic carbocycles. The second kappa shape index (κ2) is 7.99. The van der Waals surface area contributed by atoms with Crippen LogP contribution in [0.3, 0.4) is 0 Å². The van der Waals surface area contributed by atoms with Crippen molar-refractivity contribution >= 4 is 11.6 Å². The van der Waals surface area contributed by atoms with Crippen LogP contribution >= 0.6 is 0 Å². The van der Waals surface area contributed by atoms with E-state index in [0.29, 0.717) is 23.6 Å². The van der Waals surface area contributed by atoms with Crippen LogP contribution in [0.25, 0.3) is 0 Å². The summed E-state index contributed by atoms with van der Waals surface area (Å²) in [5.41, 5.74) is -2.43. The summed E-state index contributed by atoms with van der Waals surface area (Å²) in [7, 11) is 1.32. The molecular formula is C18H22F3N3O3. The number of amides is 1. The normalized spacial score (nSPS) is 13.9. The van der Waals surface area contributed by atoms with Crippen molar-refractivity contribution in [1.29, 1.82) is 0 Å². The predicted molar refractivity (Wildman–Crippen MR) is 93.4 cm³/mol. The Morgan fingerprint density at radius 1 is 1.37 bits per heavy atom. The quantitative estimate of drug-likeness (QED) is 0.767. The lowest BCUT2D eigenvalue weighted by Crippen LogP contribution is -2.46. The van der Waals surface area contributed by atoms with Gasteiger partial charge < -0.3 is 19.7 Å². The van der Waals surface area contributed by atoms with Crippen molar-refractivity contribution in [3.8, 4) is 5.75 Å². The maximum Gasteiger partial charge on any atom is 0.425 e. The Kier molecular flexibility index (Phi) is 6.15. The highest BCUT2D eigenvalue weighted by Gasteiger charge is 2.58. The number of benzene rings is 1. The average Bonchev–Trinajstić information content (AvgIpc) is 3.00. The van der Waals surface area contributed by atoms with Gasteiger partial charge in [0.15, 0.2) is 5.82 Å². The number of nitrogens with one attached hydrogen (secondary N) is 1. The summed E-state index contributed by atoms with van der Waals surface area (Å²) >= 11 is 0. The number of alkyl halides is 3. The maximum atomic E-state index is 13.5. The van der Waals surface area contributed by atoms with Crippen LogP contribution in [-0.4, -0.2) is 33.3 Å². The highest BCUT2D eigenvalue weighted by atomic mass is 19.4. The van der Waals surface area contributed by atoms with E-state index >= 15 is 0 Å². The van der Waals surface area contributed by atoms with Gasteiger partial charge in [-0.3, -0.25) is 4.79 Å². The highest BCUT2D eigenvalue weighted by Crippen LogP contribution is 2.41. The third-order valence-corrected chi connectivity index (χ3v) is 4.02. The maximum absolute atomic E-state index is 13.5. The molecule has 0 saturated heterocycles. The molecule has 2 N–H and O–H groups in total. The van der Waals surface area contributed by atoms with Crippen LogP contribution in [0.15, 0.2) is 30.6 Å². The minimum absolute atomic E-state index is 0.341. The van der Waals surface area contributed by atoms with Gasteiger partial charge in [0.1, 0.15) is 5.75 Å². The van der Waals surface area contributed by atoms with Gasteiger partial charge in [0.25, 0.3) is 0 Å². The third kappa shape index (κ3) is 4.60. The lowest BCUT2D eigenvalue weighted by atomic mass is 9.97. The number of nitrogens with zero attached hydrogens (tertiary/aromatic N) is 2. The predicted octanol–water partition coefficient (Wildman–Crippen LogP) is 3.30. The summed E-state index contributed by atoms with van der Waals surface area (Å²) in [5, 5.41) is 12.7. The molecule has 1 heterocycles. The van der Waals surface area contributed by atoms with Crippen LogP contribution in [0, 0.1) is 6.92 Å². The first kappa shape index (κ1) is 20.8. The molecule has 0 fully saturated rings. The Labute approximate surface area is 155 Å². The third-order valence-electron chi connectivity index (χ3n) is 4.02. The van der Waals surface area contributed by atoms with E-state index in [1.807, 2.05) is 6.92 Å². The number of carbonyl (C=O) groups excluding carboxylic acids is 1. The molecule has 2 rings (SSSR count). The molecule has 1 aromatic carbocycles. The van der Waals surface area contributed by atoms with Crippen molar-refractivity contribution in [2.75, 3.05) is 11.9 Å². The molecule has 148 valence electrons. The Bertz CT molecular complexity index is 805. The summed E-state index contributed by atoms with van der Waals surface area (Å²) in [4.78, 5) is 15.8. The van der Waals surface area contributed by atoms with Crippen molar-refractivity contribution < 1.29 is 27.8 Å². The smallest absolute Gasteiger partial charge is 0.425 e. The summed E-state index contributed by atoms with van der Waals surface area (Å²) in [6.07, 6.45) is -3.06. The number of ether oxygens (including phenoxy) is 1. The van der Waals surface area contributed by atoms with E-state index in [-0.39, 0.29) is 0 Å². The van der Waals surface area contributed by atoms with Crippen molar-refractivity contribution in [3.05, 3.63) is 42.0 Å². The van der Waals surface area contributed by atoms with E-state index in [2.05, 4.69) is 10.3 Å². The van der Waals surface area contributed by atoms with Crippen LogP contribution in [0.1, 0.15) is 31.2 Å². The molecule has 1 aromatic heterocycles. The van der Waals surface area contributed by atoms with Gasteiger partial charge in [-0.05, 0) is 37.1 Å². The molecule has 9 heteroatoms. The van der Waals surface area contributed by atoms with Crippen LogP contribution in [0.5, 0.6) is 5.75 Å². The Hall–Kier alpha value is -2.55. The second-order valence-corrected chi connectivity index (χ2v) is 6.27. The minimum Gasteiger partial charge on any atom is -0.494 e. The molecule has 1 amide bonds. The SMILES string of the molecule is CCCOc1ccc(NC(=O)CC(O)(c2nccn2C)C(F)(F)F)c(C)c1. The van der Waals surface area contributed by atoms with Crippen LogP contribution in [0.2, 0.25) is 0 Å². The van der Waals surface area contributed by atoms with Crippen molar-refractivity contribution in [3.63, 3.8) is 0 Å². The molecule has 0 radical (unpaired) electrons. The first-order valence-electron chi connectivity index (χ1n) is 8.38. The van der Waals surface area contributed by atoms with Gasteiger partial charge >= 0.3 is 6.18 Å². The van der Waals surface area contributed by atoms with Crippen LogP contribution in [-0.2, 0) is 17.4 Å². The molecule has 1 unspecified atom stereocenters. The molecule has 0 bridgehead atoms. The second-order valence-electron chi connectivity index (χ2n) is 6.27. The Morgan fingerprint density at radius 2 is 2.07 bits per heavy atom. The number of rotatable bonds is 7. The standard InChI is InChI=1S/C18H22F3N3O3/c1-4-9-27-13-5-6-14(12(2)10-13)23-15(25)11-17(26,18(19,20)21)16-22-7-8-24(16)3/h5-8,10,26H,4,9,11H2,1-3H3,(H,23,25). The van der Waals surface area contributed by atoms with Crippen molar-refractivity contribution in [2.45, 2.75) is 38.5 Å². The van der Waals surface area contributed by atoms with E-state index in [4.69, 9.17) is 4.74 Å². The van der Waals surface area contributed by atoms with Crippen molar-refractivity contribution in [2.24, 2.45) is 7.05 Å². The highest BCUT2D eigenvalue weighted by molar-refractivity contribution is 5.92. The molecule has 0 aliphatic heterocycles. The van der Waals surface area contributed by atoms with Crippen LogP contribution in [0.4, 0.5) is 18.9 Å². The number of aromatic nitrogens is 2. The van der Waals surface area contributed by atoms with E-state index < -0.39 is 29.9 Å². The fraction of sp³-hybridized carbons (Fsp3) is 0.444. The van der Waals surface area contributed by atoms with Gasteiger partial charge in [0.05, 0.1) is 13.0 Å². The first-order chi connectivity index (χ1) is 12.6. The molecule has 0 spiro atoms. The van der Waals surface area contributed by atoms with E-state index in [1.54, 1.807) is 25.1 Å². The molecule has 1 atom stereocenters. The number of hydrogen-bond acceptors (Lipinski definition) is 4. The zero-order valence-corrected chi connectivity index (χ0v) is 15.3. The summed E-state index contributed by atoms with van der Waals surface area (Å²) in [6, 6.07) is 4.85. The summed E-state index contributed by atoms with van der Waals surface area (Å²) in [5.74, 6) is -1.03. The molecule has 0 aliphatic rings. The number of imidazole rings is 1. The molecule has 6 nitrogen and oxygen atoms in total. The summed E-state index contributed by atoms with van der Waals surface area (Å²) in [6.45, 7) is 4.20. The van der Waals surface area contributed by atoms with Gasteiger partial charge in [0, 0.05) is 25.1 Å². The summed E-state index contributed by atoms with van der Waals surface area (Å²) < 4.78 is 47.0. The molecule has 27 heavy (non-hydrogen) atoms. The molecular weight excluding hydrogens is 363 g/mol. The van der Waals surface area contributed by atoms with Gasteiger partial charge in [-0.25, -0.2) is 4.98 Å². The zero-order valence-electron chi connectivity index (χ0n) is 15.3. The lowest BCUT2D eigenvalue weighted by molar-refractivity contribution is -0.270.